The fourth-order valence-electron chi connectivity index (χ4n) is 4.56. The van der Waals surface area contributed by atoms with Crippen LogP contribution in [0.25, 0.3) is 0 Å². The smallest absolute Gasteiger partial charge is 0.0350 e. The van der Waals surface area contributed by atoms with Crippen molar-refractivity contribution in [1.29, 1.82) is 0 Å². The van der Waals surface area contributed by atoms with E-state index in [0.29, 0.717) is 0 Å². The summed E-state index contributed by atoms with van der Waals surface area (Å²) in [5.41, 5.74) is 0. The summed E-state index contributed by atoms with van der Waals surface area (Å²) in [7, 11) is 2.24. The predicted octanol–water partition coefficient (Wildman–Crippen LogP) is 2.38. The summed E-state index contributed by atoms with van der Waals surface area (Å²) in [4.78, 5) is 7.95. The van der Waals surface area contributed by atoms with Crippen LogP contribution in [0.1, 0.15) is 39.5 Å². The maximum absolute atomic E-state index is 2.76. The van der Waals surface area contributed by atoms with Gasteiger partial charge in [0.05, 0.1) is 0 Å². The van der Waals surface area contributed by atoms with Gasteiger partial charge in [-0.15, -0.1) is 0 Å². The topological polar surface area (TPSA) is 9.72 Å². The molecular formula is C18H35N3. The van der Waals surface area contributed by atoms with Crippen molar-refractivity contribution in [1.82, 2.24) is 14.7 Å². The van der Waals surface area contributed by atoms with Gasteiger partial charge in [0.1, 0.15) is 0 Å². The molecule has 0 aliphatic carbocycles. The van der Waals surface area contributed by atoms with Gasteiger partial charge in [-0.3, -0.25) is 4.90 Å². The Balaban J connectivity index is 1.34. The summed E-state index contributed by atoms with van der Waals surface area (Å²) in [6.07, 6.45) is 5.74. The Morgan fingerprint density at radius 1 is 0.905 bits per heavy atom. The molecule has 3 aliphatic rings. The highest BCUT2D eigenvalue weighted by molar-refractivity contribution is 4.89. The molecule has 3 heteroatoms. The number of hydrogen-bond donors (Lipinski definition) is 0. The first kappa shape index (κ1) is 15.8. The Labute approximate surface area is 131 Å². The lowest BCUT2D eigenvalue weighted by atomic mass is 9.86. The molecule has 122 valence electrons. The normalized spacial score (nSPS) is 29.1. The molecule has 0 unspecified atom stereocenters. The largest absolute Gasteiger partial charge is 0.303 e. The van der Waals surface area contributed by atoms with Crippen LogP contribution in [0.4, 0.5) is 0 Å². The van der Waals surface area contributed by atoms with E-state index in [0.717, 1.165) is 23.8 Å². The lowest BCUT2D eigenvalue weighted by Gasteiger charge is -2.47. The lowest BCUT2D eigenvalue weighted by Crippen LogP contribution is -2.59. The van der Waals surface area contributed by atoms with Gasteiger partial charge in [-0.1, -0.05) is 13.8 Å². The summed E-state index contributed by atoms with van der Waals surface area (Å²) in [5.74, 6) is 2.84. The fraction of sp³-hybridized carbons (Fsp3) is 1.00. The van der Waals surface area contributed by atoms with Crippen LogP contribution in [0.5, 0.6) is 0 Å². The standard InChI is InChI=1S/C18H35N3/c1-15(2)17-6-8-20(9-7-17)12-16-4-10-21(11-5-16)18-13-19(3)14-18/h15-18H,4-14H2,1-3H3. The van der Waals surface area contributed by atoms with Crippen molar-refractivity contribution in [3.05, 3.63) is 0 Å². The highest BCUT2D eigenvalue weighted by Crippen LogP contribution is 2.27. The third-order valence-electron chi connectivity index (χ3n) is 6.30. The Kier molecular flexibility index (Phi) is 5.23. The molecule has 0 N–H and O–H groups in total. The van der Waals surface area contributed by atoms with Crippen molar-refractivity contribution in [2.75, 3.05) is 52.9 Å². The molecule has 3 saturated heterocycles. The molecule has 0 aromatic carbocycles. The minimum atomic E-state index is 0.873. The molecule has 21 heavy (non-hydrogen) atoms. The average molecular weight is 293 g/mol. The van der Waals surface area contributed by atoms with Gasteiger partial charge in [-0.25, -0.2) is 0 Å². The molecule has 3 aliphatic heterocycles. The van der Waals surface area contributed by atoms with E-state index in [1.54, 1.807) is 0 Å². The van der Waals surface area contributed by atoms with Crippen molar-refractivity contribution in [2.45, 2.75) is 45.6 Å². The summed E-state index contributed by atoms with van der Waals surface area (Å²) < 4.78 is 0. The van der Waals surface area contributed by atoms with Gasteiger partial charge in [-0.2, -0.15) is 0 Å². The van der Waals surface area contributed by atoms with Crippen LogP contribution >= 0.6 is 0 Å². The first-order valence-electron chi connectivity index (χ1n) is 9.26. The molecule has 0 amide bonds. The van der Waals surface area contributed by atoms with Gasteiger partial charge < -0.3 is 9.80 Å². The summed E-state index contributed by atoms with van der Waals surface area (Å²) in [5, 5.41) is 0. The van der Waals surface area contributed by atoms with Crippen LogP contribution in [-0.2, 0) is 0 Å². The Morgan fingerprint density at radius 3 is 2.05 bits per heavy atom. The minimum absolute atomic E-state index is 0.873. The number of likely N-dealkylation sites (N-methyl/N-ethyl adjacent to an activating group) is 1. The van der Waals surface area contributed by atoms with E-state index < -0.39 is 0 Å². The number of rotatable bonds is 4. The van der Waals surface area contributed by atoms with Gasteiger partial charge >= 0.3 is 0 Å². The second kappa shape index (κ2) is 6.97. The van der Waals surface area contributed by atoms with Crippen molar-refractivity contribution < 1.29 is 0 Å². The summed E-state index contributed by atoms with van der Waals surface area (Å²) >= 11 is 0. The molecule has 0 radical (unpaired) electrons. The Bertz CT molecular complexity index is 308. The summed E-state index contributed by atoms with van der Waals surface area (Å²) in [6, 6.07) is 0.873. The van der Waals surface area contributed by atoms with Crippen LogP contribution in [0.3, 0.4) is 0 Å². The van der Waals surface area contributed by atoms with Crippen LogP contribution in [0, 0.1) is 17.8 Å². The predicted molar refractivity (Wildman–Crippen MR) is 89.6 cm³/mol. The second-order valence-corrected chi connectivity index (χ2v) is 8.24. The SMILES string of the molecule is CC(C)C1CCN(CC2CCN(C3CN(C)C3)CC2)CC1. The van der Waals surface area contributed by atoms with E-state index in [9.17, 15) is 0 Å². The van der Waals surface area contributed by atoms with E-state index >= 15 is 0 Å². The Morgan fingerprint density at radius 2 is 1.52 bits per heavy atom. The Hall–Kier alpha value is -0.120. The van der Waals surface area contributed by atoms with E-state index in [-0.39, 0.29) is 0 Å². The molecule has 0 bridgehead atoms. The van der Waals surface area contributed by atoms with Crippen molar-refractivity contribution in [3.8, 4) is 0 Å². The van der Waals surface area contributed by atoms with Crippen LogP contribution < -0.4 is 0 Å². The zero-order valence-corrected chi connectivity index (χ0v) is 14.4. The van der Waals surface area contributed by atoms with Crippen molar-refractivity contribution in [3.63, 3.8) is 0 Å². The van der Waals surface area contributed by atoms with Crippen molar-refractivity contribution >= 4 is 0 Å². The lowest BCUT2D eigenvalue weighted by molar-refractivity contribution is 0.0223. The van der Waals surface area contributed by atoms with Gasteiger partial charge in [-0.05, 0) is 76.7 Å². The molecule has 3 fully saturated rings. The number of hydrogen-bond acceptors (Lipinski definition) is 3. The number of nitrogens with zero attached hydrogens (tertiary/aromatic N) is 3. The molecule has 3 rings (SSSR count). The number of piperidine rings is 2. The monoisotopic (exact) mass is 293 g/mol. The van der Waals surface area contributed by atoms with Crippen molar-refractivity contribution in [2.24, 2.45) is 17.8 Å². The van der Waals surface area contributed by atoms with E-state index in [4.69, 9.17) is 0 Å². The second-order valence-electron chi connectivity index (χ2n) is 8.24. The van der Waals surface area contributed by atoms with Crippen LogP contribution in [0.2, 0.25) is 0 Å². The van der Waals surface area contributed by atoms with E-state index in [1.165, 1.54) is 71.5 Å². The molecule has 0 aromatic rings. The maximum Gasteiger partial charge on any atom is 0.0350 e. The van der Waals surface area contributed by atoms with E-state index in [2.05, 4.69) is 35.6 Å². The fourth-order valence-corrected chi connectivity index (χ4v) is 4.56. The minimum Gasteiger partial charge on any atom is -0.303 e. The number of likely N-dealkylation sites (tertiary alicyclic amines) is 3. The highest BCUT2D eigenvalue weighted by atomic mass is 15.3. The van der Waals surface area contributed by atoms with Gasteiger partial charge in [0.25, 0.3) is 0 Å². The summed E-state index contributed by atoms with van der Waals surface area (Å²) in [6.45, 7) is 14.2. The third-order valence-corrected chi connectivity index (χ3v) is 6.30. The molecule has 0 atom stereocenters. The van der Waals surface area contributed by atoms with Gasteiger partial charge in [0, 0.05) is 25.7 Å². The van der Waals surface area contributed by atoms with Crippen LogP contribution in [0.15, 0.2) is 0 Å². The molecule has 0 spiro atoms. The van der Waals surface area contributed by atoms with Crippen LogP contribution in [-0.4, -0.2) is 73.6 Å². The first-order valence-corrected chi connectivity index (χ1v) is 9.26. The average Bonchev–Trinajstić information content (AvgIpc) is 2.46. The molecule has 3 nitrogen and oxygen atoms in total. The zero-order chi connectivity index (χ0) is 14.8. The van der Waals surface area contributed by atoms with E-state index in [1.807, 2.05) is 0 Å². The molecule has 0 aromatic heterocycles. The maximum atomic E-state index is 2.76. The quantitative estimate of drug-likeness (QED) is 0.788. The van der Waals surface area contributed by atoms with Gasteiger partial charge in [0.15, 0.2) is 0 Å². The first-order chi connectivity index (χ1) is 10.1. The third kappa shape index (κ3) is 4.00. The van der Waals surface area contributed by atoms with Gasteiger partial charge in [0.2, 0.25) is 0 Å². The molecule has 0 saturated carbocycles. The zero-order valence-electron chi connectivity index (χ0n) is 14.4. The molecular weight excluding hydrogens is 258 g/mol. The highest BCUT2D eigenvalue weighted by Gasteiger charge is 2.32. The molecule has 3 heterocycles.